The molecular weight excluding hydrogens is 292 g/mol. The van der Waals surface area contributed by atoms with E-state index in [1.165, 1.54) is 0 Å². The SMILES string of the molecule is CC(C)(C)S(=O)(=O)CC(=O)Nc1ccc(OCCN)cc1. The summed E-state index contributed by atoms with van der Waals surface area (Å²) in [6.45, 7) is 5.54. The molecule has 0 aliphatic heterocycles. The number of amides is 1. The summed E-state index contributed by atoms with van der Waals surface area (Å²) in [6.07, 6.45) is 0. The fourth-order valence-corrected chi connectivity index (χ4v) is 2.25. The molecule has 0 heterocycles. The first-order valence-electron chi connectivity index (χ1n) is 6.61. The number of hydrogen-bond donors (Lipinski definition) is 2. The van der Waals surface area contributed by atoms with Gasteiger partial charge in [-0.3, -0.25) is 4.79 Å². The minimum Gasteiger partial charge on any atom is -0.492 e. The van der Waals surface area contributed by atoms with Crippen LogP contribution in [0, 0.1) is 0 Å². The molecule has 0 aromatic heterocycles. The molecule has 3 N–H and O–H groups in total. The second-order valence-corrected chi connectivity index (χ2v) is 8.32. The van der Waals surface area contributed by atoms with Gasteiger partial charge < -0.3 is 15.8 Å². The highest BCUT2D eigenvalue weighted by atomic mass is 32.2. The number of nitrogens with two attached hydrogens (primary N) is 1. The van der Waals surface area contributed by atoms with Crippen LogP contribution >= 0.6 is 0 Å². The molecule has 118 valence electrons. The monoisotopic (exact) mass is 314 g/mol. The largest absolute Gasteiger partial charge is 0.492 e. The van der Waals surface area contributed by atoms with E-state index in [-0.39, 0.29) is 0 Å². The second-order valence-electron chi connectivity index (χ2n) is 5.58. The van der Waals surface area contributed by atoms with E-state index in [2.05, 4.69) is 5.32 Å². The average Bonchev–Trinajstić information content (AvgIpc) is 2.36. The number of anilines is 1. The maximum Gasteiger partial charge on any atom is 0.239 e. The molecule has 1 amide bonds. The zero-order chi connectivity index (χ0) is 16.1. The predicted molar refractivity (Wildman–Crippen MR) is 83.2 cm³/mol. The van der Waals surface area contributed by atoms with Crippen molar-refractivity contribution in [1.82, 2.24) is 0 Å². The van der Waals surface area contributed by atoms with Gasteiger partial charge in [-0.05, 0) is 45.0 Å². The molecule has 0 bridgehead atoms. The van der Waals surface area contributed by atoms with Gasteiger partial charge in [-0.1, -0.05) is 0 Å². The van der Waals surface area contributed by atoms with Gasteiger partial charge in [0.15, 0.2) is 9.84 Å². The quantitative estimate of drug-likeness (QED) is 0.821. The van der Waals surface area contributed by atoms with E-state index < -0.39 is 26.2 Å². The molecule has 0 unspecified atom stereocenters. The molecular formula is C14H22N2O4S. The third-order valence-corrected chi connectivity index (χ3v) is 5.29. The topological polar surface area (TPSA) is 98.5 Å². The van der Waals surface area contributed by atoms with Crippen molar-refractivity contribution < 1.29 is 17.9 Å². The van der Waals surface area contributed by atoms with Gasteiger partial charge in [0.2, 0.25) is 5.91 Å². The van der Waals surface area contributed by atoms with E-state index in [1.54, 1.807) is 45.0 Å². The molecule has 0 saturated heterocycles. The Labute approximate surface area is 125 Å². The lowest BCUT2D eigenvalue weighted by molar-refractivity contribution is -0.113. The Morgan fingerprint density at radius 3 is 2.29 bits per heavy atom. The van der Waals surface area contributed by atoms with E-state index in [1.807, 2.05) is 0 Å². The lowest BCUT2D eigenvalue weighted by Gasteiger charge is -2.18. The van der Waals surface area contributed by atoms with Crippen molar-refractivity contribution in [2.24, 2.45) is 5.73 Å². The molecule has 0 saturated carbocycles. The fraction of sp³-hybridized carbons (Fsp3) is 0.500. The Bertz CT molecular complexity index is 574. The Kier molecular flexibility index (Phi) is 5.74. The third-order valence-electron chi connectivity index (χ3n) is 2.78. The Hall–Kier alpha value is -1.60. The number of rotatable bonds is 6. The van der Waals surface area contributed by atoms with Crippen LogP contribution in [-0.2, 0) is 14.6 Å². The Morgan fingerprint density at radius 1 is 1.24 bits per heavy atom. The molecule has 21 heavy (non-hydrogen) atoms. The molecule has 0 radical (unpaired) electrons. The van der Waals surface area contributed by atoms with E-state index in [9.17, 15) is 13.2 Å². The summed E-state index contributed by atoms with van der Waals surface area (Å²) in [6, 6.07) is 6.66. The number of nitrogens with one attached hydrogen (secondary N) is 1. The zero-order valence-electron chi connectivity index (χ0n) is 12.5. The van der Waals surface area contributed by atoms with Crippen LogP contribution in [0.25, 0.3) is 0 Å². The van der Waals surface area contributed by atoms with Gasteiger partial charge in [0.05, 0.1) is 4.75 Å². The van der Waals surface area contributed by atoms with Gasteiger partial charge in [-0.2, -0.15) is 0 Å². The standard InChI is InChI=1S/C14H22N2O4S/c1-14(2,3)21(18,19)10-13(17)16-11-4-6-12(7-5-11)20-9-8-15/h4-7H,8-10,15H2,1-3H3,(H,16,17). The average molecular weight is 314 g/mol. The lowest BCUT2D eigenvalue weighted by Crippen LogP contribution is -2.35. The first-order chi connectivity index (χ1) is 9.65. The summed E-state index contributed by atoms with van der Waals surface area (Å²) < 4.78 is 28.2. The van der Waals surface area contributed by atoms with Crippen LogP contribution in [0.15, 0.2) is 24.3 Å². The summed E-state index contributed by atoms with van der Waals surface area (Å²) in [4.78, 5) is 11.8. The maximum absolute atomic E-state index is 11.9. The Morgan fingerprint density at radius 2 is 1.81 bits per heavy atom. The van der Waals surface area contributed by atoms with E-state index in [0.29, 0.717) is 24.6 Å². The predicted octanol–water partition coefficient (Wildman–Crippen LogP) is 1.18. The van der Waals surface area contributed by atoms with Crippen molar-refractivity contribution >= 4 is 21.4 Å². The zero-order valence-corrected chi connectivity index (χ0v) is 13.4. The minimum absolute atomic E-state index is 0.412. The number of ether oxygens (including phenoxy) is 1. The molecule has 0 spiro atoms. The van der Waals surface area contributed by atoms with Crippen LogP contribution in [0.1, 0.15) is 20.8 Å². The van der Waals surface area contributed by atoms with Crippen LogP contribution in [0.5, 0.6) is 5.75 Å². The van der Waals surface area contributed by atoms with Crippen LogP contribution in [0.3, 0.4) is 0 Å². The van der Waals surface area contributed by atoms with E-state index >= 15 is 0 Å². The summed E-state index contributed by atoms with van der Waals surface area (Å²) >= 11 is 0. The van der Waals surface area contributed by atoms with Crippen molar-refractivity contribution in [3.8, 4) is 5.75 Å². The molecule has 1 aromatic rings. The number of carbonyl (C=O) groups excluding carboxylic acids is 1. The molecule has 0 atom stereocenters. The van der Waals surface area contributed by atoms with Gasteiger partial charge >= 0.3 is 0 Å². The highest BCUT2D eigenvalue weighted by Crippen LogP contribution is 2.18. The summed E-state index contributed by atoms with van der Waals surface area (Å²) in [5, 5.41) is 2.56. The first kappa shape index (κ1) is 17.5. The first-order valence-corrected chi connectivity index (χ1v) is 8.26. The Balaban J connectivity index is 2.63. The van der Waals surface area contributed by atoms with Crippen molar-refractivity contribution in [3.05, 3.63) is 24.3 Å². The van der Waals surface area contributed by atoms with Gasteiger partial charge in [0.1, 0.15) is 18.1 Å². The fourth-order valence-electron chi connectivity index (χ4n) is 1.40. The molecule has 0 aliphatic rings. The smallest absolute Gasteiger partial charge is 0.239 e. The van der Waals surface area contributed by atoms with Crippen LogP contribution in [-0.4, -0.2) is 38.0 Å². The van der Waals surface area contributed by atoms with Crippen LogP contribution in [0.2, 0.25) is 0 Å². The number of hydrogen-bond acceptors (Lipinski definition) is 5. The summed E-state index contributed by atoms with van der Waals surface area (Å²) in [5.41, 5.74) is 5.84. The normalized spacial score (nSPS) is 12.0. The van der Waals surface area contributed by atoms with Gasteiger partial charge in [0, 0.05) is 12.2 Å². The molecule has 0 fully saturated rings. The highest BCUT2D eigenvalue weighted by molar-refractivity contribution is 7.93. The lowest BCUT2D eigenvalue weighted by atomic mass is 10.3. The van der Waals surface area contributed by atoms with Gasteiger partial charge in [-0.25, -0.2) is 8.42 Å². The van der Waals surface area contributed by atoms with Crippen molar-refractivity contribution in [2.75, 3.05) is 24.2 Å². The second kappa shape index (κ2) is 6.91. The number of sulfone groups is 1. The van der Waals surface area contributed by atoms with Crippen molar-refractivity contribution in [1.29, 1.82) is 0 Å². The molecule has 1 aromatic carbocycles. The maximum atomic E-state index is 11.9. The summed E-state index contributed by atoms with van der Waals surface area (Å²) in [5.74, 6) is -0.455. The molecule has 7 heteroatoms. The van der Waals surface area contributed by atoms with Gasteiger partial charge in [0.25, 0.3) is 0 Å². The minimum atomic E-state index is -3.49. The van der Waals surface area contributed by atoms with Crippen molar-refractivity contribution in [3.63, 3.8) is 0 Å². The van der Waals surface area contributed by atoms with E-state index in [0.717, 1.165) is 0 Å². The van der Waals surface area contributed by atoms with Crippen LogP contribution in [0.4, 0.5) is 5.69 Å². The third kappa shape index (κ3) is 5.35. The van der Waals surface area contributed by atoms with Gasteiger partial charge in [-0.15, -0.1) is 0 Å². The van der Waals surface area contributed by atoms with Crippen LogP contribution < -0.4 is 15.8 Å². The molecule has 0 aliphatic carbocycles. The summed E-state index contributed by atoms with van der Waals surface area (Å²) in [7, 11) is -3.49. The van der Waals surface area contributed by atoms with Crippen molar-refractivity contribution in [2.45, 2.75) is 25.5 Å². The molecule has 1 rings (SSSR count). The molecule has 6 nitrogen and oxygen atoms in total. The number of benzene rings is 1. The number of carbonyl (C=O) groups is 1. The van der Waals surface area contributed by atoms with E-state index in [4.69, 9.17) is 10.5 Å². The highest BCUT2D eigenvalue weighted by Gasteiger charge is 2.31.